The highest BCUT2D eigenvalue weighted by atomic mass is 14.2. The van der Waals surface area contributed by atoms with Crippen LogP contribution in [0.5, 0.6) is 0 Å². The minimum atomic E-state index is 1.01. The van der Waals surface area contributed by atoms with Crippen LogP contribution in [-0.2, 0) is 12.8 Å². The van der Waals surface area contributed by atoms with Gasteiger partial charge in [-0.15, -0.1) is 6.42 Å². The number of rotatable bonds is 0. The summed E-state index contributed by atoms with van der Waals surface area (Å²) in [4.78, 5) is 0. The molecule has 0 aromatic heterocycles. The van der Waals surface area contributed by atoms with Crippen molar-refractivity contribution in [1.29, 1.82) is 0 Å². The first kappa shape index (κ1) is 5.56. The van der Waals surface area contributed by atoms with Crippen LogP contribution in [0.2, 0.25) is 0 Å². The van der Waals surface area contributed by atoms with E-state index < -0.39 is 0 Å². The summed E-state index contributed by atoms with van der Waals surface area (Å²) in [5.41, 5.74) is 3.92. The molecule has 0 nitrogen and oxygen atoms in total. The SMILES string of the molecule is C#Cc1ccc2c(c1)CC2. The van der Waals surface area contributed by atoms with Crippen molar-refractivity contribution >= 4 is 0 Å². The molecule has 0 fully saturated rings. The Morgan fingerprint density at radius 2 is 2.00 bits per heavy atom. The van der Waals surface area contributed by atoms with E-state index in [2.05, 4.69) is 18.1 Å². The number of hydrogen-bond acceptors (Lipinski definition) is 0. The lowest BCUT2D eigenvalue weighted by Crippen LogP contribution is -2.07. The van der Waals surface area contributed by atoms with Crippen molar-refractivity contribution in [3.63, 3.8) is 0 Å². The van der Waals surface area contributed by atoms with E-state index in [4.69, 9.17) is 6.42 Å². The largest absolute Gasteiger partial charge is 0.115 e. The summed E-state index contributed by atoms with van der Waals surface area (Å²) in [6, 6.07) is 6.25. The zero-order valence-electron chi connectivity index (χ0n) is 5.72. The van der Waals surface area contributed by atoms with E-state index in [1.54, 1.807) is 0 Å². The van der Waals surface area contributed by atoms with E-state index in [-0.39, 0.29) is 0 Å². The number of fused-ring (bicyclic) bond motifs is 1. The van der Waals surface area contributed by atoms with Gasteiger partial charge in [0.05, 0.1) is 0 Å². The van der Waals surface area contributed by atoms with E-state index in [1.165, 1.54) is 24.0 Å². The van der Waals surface area contributed by atoms with E-state index in [0.717, 1.165) is 5.56 Å². The van der Waals surface area contributed by atoms with Gasteiger partial charge in [-0.2, -0.15) is 0 Å². The molecule has 1 aliphatic rings. The van der Waals surface area contributed by atoms with Crippen molar-refractivity contribution in [2.75, 3.05) is 0 Å². The third-order valence-electron chi connectivity index (χ3n) is 2.04. The molecule has 0 unspecified atom stereocenters. The summed E-state index contributed by atoms with van der Waals surface area (Å²) in [7, 11) is 0. The molecule has 0 saturated carbocycles. The van der Waals surface area contributed by atoms with Gasteiger partial charge in [0.2, 0.25) is 0 Å². The normalized spacial score (nSPS) is 13.1. The van der Waals surface area contributed by atoms with Crippen molar-refractivity contribution in [3.8, 4) is 12.3 Å². The quantitative estimate of drug-likeness (QED) is 0.467. The van der Waals surface area contributed by atoms with E-state index in [1.807, 2.05) is 6.07 Å². The van der Waals surface area contributed by atoms with Crippen LogP contribution in [0.4, 0.5) is 0 Å². The molecule has 0 heteroatoms. The minimum absolute atomic E-state index is 1.01. The molecule has 0 bridgehead atoms. The van der Waals surface area contributed by atoms with Crippen LogP contribution >= 0.6 is 0 Å². The molecule has 0 atom stereocenters. The predicted octanol–water partition coefficient (Wildman–Crippen LogP) is 1.77. The van der Waals surface area contributed by atoms with Crippen LogP contribution in [-0.4, -0.2) is 0 Å². The maximum absolute atomic E-state index is 5.24. The summed E-state index contributed by atoms with van der Waals surface area (Å²) >= 11 is 0. The fourth-order valence-corrected chi connectivity index (χ4v) is 1.28. The van der Waals surface area contributed by atoms with Crippen LogP contribution in [0, 0.1) is 12.3 Å². The topological polar surface area (TPSA) is 0 Å². The maximum atomic E-state index is 5.24. The van der Waals surface area contributed by atoms with Gasteiger partial charge in [-0.05, 0) is 36.1 Å². The van der Waals surface area contributed by atoms with Gasteiger partial charge in [0.1, 0.15) is 0 Å². The standard InChI is InChI=1S/C10H8/c1-2-8-3-4-9-5-6-10(9)7-8/h1,3-4,7H,5-6H2. The molecule has 0 radical (unpaired) electrons. The first-order chi connectivity index (χ1) is 4.90. The maximum Gasteiger partial charge on any atom is 0.0245 e. The van der Waals surface area contributed by atoms with Crippen LogP contribution in [0.3, 0.4) is 0 Å². The number of terminal acetylenes is 1. The van der Waals surface area contributed by atoms with E-state index >= 15 is 0 Å². The van der Waals surface area contributed by atoms with Crippen LogP contribution in [0.25, 0.3) is 0 Å². The molecule has 0 N–H and O–H groups in total. The third kappa shape index (κ3) is 0.642. The summed E-state index contributed by atoms with van der Waals surface area (Å²) in [5, 5.41) is 0. The second-order valence-corrected chi connectivity index (χ2v) is 2.63. The zero-order chi connectivity index (χ0) is 6.97. The fraction of sp³-hybridized carbons (Fsp3) is 0.200. The average molecular weight is 128 g/mol. The summed E-state index contributed by atoms with van der Waals surface area (Å²) < 4.78 is 0. The van der Waals surface area contributed by atoms with Crippen molar-refractivity contribution in [1.82, 2.24) is 0 Å². The second kappa shape index (κ2) is 1.88. The number of hydrogen-bond donors (Lipinski definition) is 0. The summed E-state index contributed by atoms with van der Waals surface area (Å²) in [5.74, 6) is 2.63. The molecule has 2 rings (SSSR count). The molecule has 48 valence electrons. The van der Waals surface area contributed by atoms with Gasteiger partial charge in [-0.25, -0.2) is 0 Å². The van der Waals surface area contributed by atoms with Gasteiger partial charge >= 0.3 is 0 Å². The second-order valence-electron chi connectivity index (χ2n) is 2.63. The highest BCUT2D eigenvalue weighted by Crippen LogP contribution is 2.22. The van der Waals surface area contributed by atoms with E-state index in [0.29, 0.717) is 0 Å². The number of aryl methyl sites for hydroxylation is 2. The third-order valence-corrected chi connectivity index (χ3v) is 2.04. The Hall–Kier alpha value is -1.22. The first-order valence-corrected chi connectivity index (χ1v) is 3.48. The zero-order valence-corrected chi connectivity index (χ0v) is 5.72. The average Bonchev–Trinajstić information content (AvgIpc) is 1.92. The Morgan fingerprint density at radius 3 is 2.50 bits per heavy atom. The van der Waals surface area contributed by atoms with Crippen LogP contribution in [0.15, 0.2) is 18.2 Å². The van der Waals surface area contributed by atoms with Gasteiger partial charge in [0.15, 0.2) is 0 Å². The molecule has 0 saturated heterocycles. The Labute approximate surface area is 60.9 Å². The van der Waals surface area contributed by atoms with Gasteiger partial charge in [-0.1, -0.05) is 12.0 Å². The molecule has 0 aliphatic heterocycles. The predicted molar refractivity (Wildman–Crippen MR) is 41.8 cm³/mol. The minimum Gasteiger partial charge on any atom is -0.115 e. The van der Waals surface area contributed by atoms with E-state index in [9.17, 15) is 0 Å². The molecular weight excluding hydrogens is 120 g/mol. The first-order valence-electron chi connectivity index (χ1n) is 3.48. The number of benzene rings is 1. The van der Waals surface area contributed by atoms with Crippen molar-refractivity contribution < 1.29 is 0 Å². The lowest BCUT2D eigenvalue weighted by molar-refractivity contribution is 0.839. The molecule has 0 spiro atoms. The molecule has 0 amide bonds. The summed E-state index contributed by atoms with van der Waals surface area (Å²) in [6.45, 7) is 0. The molecule has 1 aromatic rings. The van der Waals surface area contributed by atoms with Crippen LogP contribution in [0.1, 0.15) is 16.7 Å². The lowest BCUT2D eigenvalue weighted by atomic mass is 9.87. The highest BCUT2D eigenvalue weighted by Gasteiger charge is 2.11. The van der Waals surface area contributed by atoms with Crippen molar-refractivity contribution in [2.24, 2.45) is 0 Å². The molecule has 1 aromatic carbocycles. The molecule has 10 heavy (non-hydrogen) atoms. The van der Waals surface area contributed by atoms with Gasteiger partial charge < -0.3 is 0 Å². The molecule has 1 aliphatic carbocycles. The molecule has 0 heterocycles. The van der Waals surface area contributed by atoms with Crippen molar-refractivity contribution in [3.05, 3.63) is 34.9 Å². The lowest BCUT2D eigenvalue weighted by Gasteiger charge is -2.17. The summed E-state index contributed by atoms with van der Waals surface area (Å²) in [6.07, 6.45) is 7.69. The fourth-order valence-electron chi connectivity index (χ4n) is 1.28. The smallest absolute Gasteiger partial charge is 0.0245 e. The Kier molecular flexibility index (Phi) is 1.05. The van der Waals surface area contributed by atoms with Gasteiger partial charge in [-0.3, -0.25) is 0 Å². The highest BCUT2D eigenvalue weighted by molar-refractivity contribution is 5.43. The van der Waals surface area contributed by atoms with Crippen molar-refractivity contribution in [2.45, 2.75) is 12.8 Å². The molecular formula is C10H8. The Balaban J connectivity index is 2.54. The van der Waals surface area contributed by atoms with Gasteiger partial charge in [0, 0.05) is 5.56 Å². The monoisotopic (exact) mass is 128 g/mol. The Morgan fingerprint density at radius 1 is 1.20 bits per heavy atom. The van der Waals surface area contributed by atoms with Crippen LogP contribution < -0.4 is 0 Å². The van der Waals surface area contributed by atoms with Gasteiger partial charge in [0.25, 0.3) is 0 Å². The Bertz CT molecular complexity index is 302.